The average molecular weight is 166 g/mol. The summed E-state index contributed by atoms with van der Waals surface area (Å²) in [5.41, 5.74) is 1.12. The average Bonchev–Trinajstić information content (AvgIpc) is 2.58. The third kappa shape index (κ3) is 1.34. The van der Waals surface area contributed by atoms with E-state index in [1.54, 1.807) is 4.80 Å². The maximum Gasteiger partial charge on any atom is 0.0871 e. The minimum absolute atomic E-state index is 0.564. The zero-order valence-corrected chi connectivity index (χ0v) is 7.49. The highest BCUT2D eigenvalue weighted by molar-refractivity contribution is 5.06. The molecular formula is C8H14N4. The van der Waals surface area contributed by atoms with Crippen LogP contribution >= 0.6 is 0 Å². The summed E-state index contributed by atoms with van der Waals surface area (Å²) in [6.07, 6.45) is 3.04. The molecule has 1 aromatic rings. The summed E-state index contributed by atoms with van der Waals surface area (Å²) < 4.78 is 0. The molecule has 12 heavy (non-hydrogen) atoms. The number of rotatable bonds is 1. The number of hydrogen-bond acceptors (Lipinski definition) is 3. The minimum atomic E-state index is 0.564. The largest absolute Gasteiger partial charge is 0.314 e. The van der Waals surface area contributed by atoms with Crippen molar-refractivity contribution in [1.82, 2.24) is 20.3 Å². The van der Waals surface area contributed by atoms with E-state index >= 15 is 0 Å². The van der Waals surface area contributed by atoms with Gasteiger partial charge in [-0.3, -0.25) is 0 Å². The van der Waals surface area contributed by atoms with Crippen LogP contribution in [-0.2, 0) is 7.05 Å². The summed E-state index contributed by atoms with van der Waals surface area (Å²) in [6, 6.07) is 0.622. The van der Waals surface area contributed by atoms with E-state index in [0.29, 0.717) is 12.0 Å². The highest BCUT2D eigenvalue weighted by Gasteiger charge is 2.23. The van der Waals surface area contributed by atoms with Gasteiger partial charge >= 0.3 is 0 Å². The fourth-order valence-corrected chi connectivity index (χ4v) is 1.71. The van der Waals surface area contributed by atoms with Crippen LogP contribution in [0.4, 0.5) is 0 Å². The van der Waals surface area contributed by atoms with E-state index in [9.17, 15) is 0 Å². The molecule has 1 aliphatic rings. The highest BCUT2D eigenvalue weighted by atomic mass is 15.4. The van der Waals surface area contributed by atoms with Gasteiger partial charge in [-0.15, -0.1) is 0 Å². The zero-order valence-electron chi connectivity index (χ0n) is 7.49. The van der Waals surface area contributed by atoms with Gasteiger partial charge in [0.05, 0.1) is 11.9 Å². The molecule has 2 heterocycles. The van der Waals surface area contributed by atoms with Crippen molar-refractivity contribution in [3.8, 4) is 0 Å². The van der Waals surface area contributed by atoms with E-state index in [1.807, 2.05) is 13.2 Å². The van der Waals surface area contributed by atoms with Gasteiger partial charge < -0.3 is 5.32 Å². The first-order chi connectivity index (χ1) is 5.75. The van der Waals surface area contributed by atoms with Crippen molar-refractivity contribution < 1.29 is 0 Å². The minimum Gasteiger partial charge on any atom is -0.314 e. The van der Waals surface area contributed by atoms with E-state index in [4.69, 9.17) is 0 Å². The Morgan fingerprint density at radius 3 is 3.00 bits per heavy atom. The smallest absolute Gasteiger partial charge is 0.0871 e. The van der Waals surface area contributed by atoms with Crippen molar-refractivity contribution in [3.05, 3.63) is 11.9 Å². The van der Waals surface area contributed by atoms with Crippen molar-refractivity contribution in [3.63, 3.8) is 0 Å². The molecule has 0 aliphatic carbocycles. The van der Waals surface area contributed by atoms with Gasteiger partial charge in [-0.25, -0.2) is 0 Å². The molecule has 1 N–H and O–H groups in total. The molecule has 0 bridgehead atoms. The molecule has 2 rings (SSSR count). The number of hydrogen-bond donors (Lipinski definition) is 1. The predicted octanol–water partition coefficient (Wildman–Crippen LogP) is 0.281. The van der Waals surface area contributed by atoms with Gasteiger partial charge in [0.25, 0.3) is 0 Å². The predicted molar refractivity (Wildman–Crippen MR) is 45.8 cm³/mol. The Kier molecular flexibility index (Phi) is 1.84. The normalized spacial score (nSPS) is 29.5. The number of aryl methyl sites for hydroxylation is 1. The fourth-order valence-electron chi connectivity index (χ4n) is 1.71. The van der Waals surface area contributed by atoms with Crippen LogP contribution < -0.4 is 5.32 Å². The van der Waals surface area contributed by atoms with E-state index in [0.717, 1.165) is 12.2 Å². The lowest BCUT2D eigenvalue weighted by atomic mass is 10.0. The van der Waals surface area contributed by atoms with Crippen LogP contribution in [0.1, 0.15) is 25.0 Å². The quantitative estimate of drug-likeness (QED) is 0.651. The molecule has 0 spiro atoms. The lowest BCUT2D eigenvalue weighted by Gasteiger charge is -2.01. The van der Waals surface area contributed by atoms with Gasteiger partial charge in [-0.1, -0.05) is 0 Å². The van der Waals surface area contributed by atoms with Crippen molar-refractivity contribution in [2.45, 2.75) is 25.3 Å². The molecule has 0 saturated carbocycles. The summed E-state index contributed by atoms with van der Waals surface area (Å²) in [5.74, 6) is 0.564. The number of nitrogens with zero attached hydrogens (tertiary/aromatic N) is 3. The van der Waals surface area contributed by atoms with Crippen LogP contribution in [0.25, 0.3) is 0 Å². The third-order valence-corrected chi connectivity index (χ3v) is 2.39. The SMILES string of the molecule is CC1CC(c2cnn(C)n2)CN1. The van der Waals surface area contributed by atoms with Crippen LogP contribution in [0.3, 0.4) is 0 Å². The maximum atomic E-state index is 4.29. The number of aromatic nitrogens is 3. The van der Waals surface area contributed by atoms with Gasteiger partial charge in [-0.05, 0) is 13.3 Å². The molecule has 1 aromatic heterocycles. The van der Waals surface area contributed by atoms with Crippen LogP contribution in [0.2, 0.25) is 0 Å². The molecule has 0 aromatic carbocycles. The maximum absolute atomic E-state index is 4.29. The molecular weight excluding hydrogens is 152 g/mol. The first-order valence-electron chi connectivity index (χ1n) is 4.35. The molecule has 66 valence electrons. The zero-order chi connectivity index (χ0) is 8.55. The monoisotopic (exact) mass is 166 g/mol. The number of nitrogens with one attached hydrogen (secondary N) is 1. The molecule has 1 aliphatic heterocycles. The lowest BCUT2D eigenvalue weighted by molar-refractivity contribution is 0.621. The van der Waals surface area contributed by atoms with Crippen molar-refractivity contribution in [2.24, 2.45) is 7.05 Å². The molecule has 0 radical (unpaired) electrons. The van der Waals surface area contributed by atoms with Crippen LogP contribution in [0.15, 0.2) is 6.20 Å². The molecule has 1 saturated heterocycles. The second-order valence-electron chi connectivity index (χ2n) is 3.50. The first kappa shape index (κ1) is 7.73. The molecule has 1 fully saturated rings. The summed E-state index contributed by atoms with van der Waals surface area (Å²) in [7, 11) is 1.86. The Hall–Kier alpha value is -0.900. The first-order valence-corrected chi connectivity index (χ1v) is 4.35. The van der Waals surface area contributed by atoms with Crippen molar-refractivity contribution in [1.29, 1.82) is 0 Å². The van der Waals surface area contributed by atoms with Gasteiger partial charge in [0, 0.05) is 25.6 Å². The molecule has 4 heteroatoms. The van der Waals surface area contributed by atoms with Gasteiger partial charge in [-0.2, -0.15) is 15.0 Å². The Bertz CT molecular complexity index is 268. The Morgan fingerprint density at radius 1 is 1.67 bits per heavy atom. The molecule has 2 atom stereocenters. The summed E-state index contributed by atoms with van der Waals surface area (Å²) in [6.45, 7) is 3.25. The summed E-state index contributed by atoms with van der Waals surface area (Å²) >= 11 is 0. The molecule has 2 unspecified atom stereocenters. The van der Waals surface area contributed by atoms with Crippen molar-refractivity contribution >= 4 is 0 Å². The van der Waals surface area contributed by atoms with E-state index in [1.165, 1.54) is 6.42 Å². The Balaban J connectivity index is 2.11. The van der Waals surface area contributed by atoms with E-state index in [-0.39, 0.29) is 0 Å². The van der Waals surface area contributed by atoms with Gasteiger partial charge in [0.2, 0.25) is 0 Å². The summed E-state index contributed by atoms with van der Waals surface area (Å²) in [5, 5.41) is 11.8. The Labute approximate surface area is 72.0 Å². The highest BCUT2D eigenvalue weighted by Crippen LogP contribution is 2.22. The third-order valence-electron chi connectivity index (χ3n) is 2.39. The van der Waals surface area contributed by atoms with Gasteiger partial charge in [0.1, 0.15) is 0 Å². The fraction of sp³-hybridized carbons (Fsp3) is 0.750. The van der Waals surface area contributed by atoms with E-state index in [2.05, 4.69) is 22.4 Å². The molecule has 4 nitrogen and oxygen atoms in total. The van der Waals surface area contributed by atoms with E-state index < -0.39 is 0 Å². The van der Waals surface area contributed by atoms with Crippen LogP contribution in [0.5, 0.6) is 0 Å². The van der Waals surface area contributed by atoms with Crippen LogP contribution in [-0.4, -0.2) is 27.6 Å². The van der Waals surface area contributed by atoms with Gasteiger partial charge in [0.15, 0.2) is 0 Å². The second-order valence-corrected chi connectivity index (χ2v) is 3.50. The summed E-state index contributed by atoms with van der Waals surface area (Å²) in [4.78, 5) is 1.62. The molecule has 0 amide bonds. The topological polar surface area (TPSA) is 42.7 Å². The standard InChI is InChI=1S/C8H14N4/c1-6-3-7(4-9-6)8-5-10-12(2)11-8/h5-7,9H,3-4H2,1-2H3. The Morgan fingerprint density at radius 2 is 2.50 bits per heavy atom. The van der Waals surface area contributed by atoms with Crippen molar-refractivity contribution in [2.75, 3.05) is 6.54 Å². The van der Waals surface area contributed by atoms with Crippen LogP contribution in [0, 0.1) is 0 Å². The second kappa shape index (κ2) is 2.86. The lowest BCUT2D eigenvalue weighted by Crippen LogP contribution is -2.16.